The van der Waals surface area contributed by atoms with Gasteiger partial charge in [-0.3, -0.25) is 0 Å². The molecule has 2 rings (SSSR count). The van der Waals surface area contributed by atoms with Gasteiger partial charge in [0.05, 0.1) is 11.3 Å². The average Bonchev–Trinajstić information content (AvgIpc) is 3.12. The van der Waals surface area contributed by atoms with Crippen LogP contribution in [0.5, 0.6) is 0 Å². The average molecular weight is 365 g/mol. The van der Waals surface area contributed by atoms with Crippen molar-refractivity contribution in [3.63, 3.8) is 0 Å². The standard InChI is InChI=1S/C15H22F3N3O4/c1-13(2,3)24-12(23)21-7-9(8-21)11(22)25-20-10(19)6-14(4-5-14)15(16,17)18/h9H,4-8H2,1-3H3,(H2,19,20). The molecule has 0 atom stereocenters. The van der Waals surface area contributed by atoms with E-state index in [0.717, 1.165) is 0 Å². The zero-order valence-electron chi connectivity index (χ0n) is 14.4. The smallest absolute Gasteiger partial charge is 0.410 e. The molecule has 1 aliphatic carbocycles. The molecule has 142 valence electrons. The Morgan fingerprint density at radius 2 is 1.80 bits per heavy atom. The Kier molecular flexibility index (Phi) is 4.93. The van der Waals surface area contributed by atoms with Gasteiger partial charge < -0.3 is 20.2 Å². The van der Waals surface area contributed by atoms with Gasteiger partial charge in [0.25, 0.3) is 0 Å². The molecule has 0 bridgehead atoms. The number of likely N-dealkylation sites (tertiary alicyclic amines) is 1. The van der Waals surface area contributed by atoms with E-state index in [-0.39, 0.29) is 31.8 Å². The molecule has 10 heteroatoms. The highest BCUT2D eigenvalue weighted by atomic mass is 19.4. The second-order valence-electron chi connectivity index (χ2n) is 7.53. The third-order valence-corrected chi connectivity index (χ3v) is 4.09. The quantitative estimate of drug-likeness (QED) is 0.357. The maximum atomic E-state index is 12.8. The van der Waals surface area contributed by atoms with Crippen molar-refractivity contribution in [3.8, 4) is 0 Å². The summed E-state index contributed by atoms with van der Waals surface area (Å²) in [5.41, 5.74) is 2.96. The molecule has 0 aromatic carbocycles. The van der Waals surface area contributed by atoms with E-state index in [9.17, 15) is 22.8 Å². The molecule has 25 heavy (non-hydrogen) atoms. The van der Waals surface area contributed by atoms with E-state index in [0.29, 0.717) is 0 Å². The Hall–Kier alpha value is -2.00. The van der Waals surface area contributed by atoms with E-state index >= 15 is 0 Å². The molecule has 0 radical (unpaired) electrons. The van der Waals surface area contributed by atoms with Crippen LogP contribution in [0.25, 0.3) is 0 Å². The van der Waals surface area contributed by atoms with Gasteiger partial charge >= 0.3 is 18.2 Å². The SMILES string of the molecule is CC(C)(C)OC(=O)N1CC(C(=O)O/N=C(\N)CC2(C(F)(F)F)CC2)C1. The summed E-state index contributed by atoms with van der Waals surface area (Å²) in [5, 5.41) is 3.31. The third-order valence-electron chi connectivity index (χ3n) is 4.09. The van der Waals surface area contributed by atoms with Crippen molar-refractivity contribution in [3.05, 3.63) is 0 Å². The van der Waals surface area contributed by atoms with Gasteiger partial charge in [0.15, 0.2) is 0 Å². The molecule has 1 saturated heterocycles. The molecule has 7 nitrogen and oxygen atoms in total. The van der Waals surface area contributed by atoms with Crippen molar-refractivity contribution >= 4 is 17.9 Å². The summed E-state index contributed by atoms with van der Waals surface area (Å²) in [7, 11) is 0. The first-order valence-electron chi connectivity index (χ1n) is 7.91. The Bertz CT molecular complexity index is 574. The Morgan fingerprint density at radius 3 is 2.24 bits per heavy atom. The van der Waals surface area contributed by atoms with E-state index in [1.165, 1.54) is 4.90 Å². The predicted molar refractivity (Wildman–Crippen MR) is 81.4 cm³/mol. The minimum absolute atomic E-state index is 0.00581. The number of rotatable bonds is 4. The summed E-state index contributed by atoms with van der Waals surface area (Å²) < 4.78 is 43.6. The van der Waals surface area contributed by atoms with E-state index in [1.807, 2.05) is 0 Å². The normalized spacial score (nSPS) is 20.7. The number of hydrogen-bond donors (Lipinski definition) is 1. The van der Waals surface area contributed by atoms with Crippen LogP contribution in [0.1, 0.15) is 40.0 Å². The van der Waals surface area contributed by atoms with Crippen LogP contribution in [0.3, 0.4) is 0 Å². The molecule has 1 saturated carbocycles. The fourth-order valence-electron chi connectivity index (χ4n) is 2.37. The first kappa shape index (κ1) is 19.3. The maximum absolute atomic E-state index is 12.8. The number of ether oxygens (including phenoxy) is 1. The summed E-state index contributed by atoms with van der Waals surface area (Å²) in [6, 6.07) is 0. The Labute approximate surface area is 143 Å². The van der Waals surface area contributed by atoms with Gasteiger partial charge in [0.2, 0.25) is 0 Å². The summed E-state index contributed by atoms with van der Waals surface area (Å²) in [6.07, 6.45) is -5.39. The van der Waals surface area contributed by atoms with Crippen LogP contribution in [0.15, 0.2) is 5.16 Å². The van der Waals surface area contributed by atoms with Crippen LogP contribution in [0.4, 0.5) is 18.0 Å². The highest BCUT2D eigenvalue weighted by Gasteiger charge is 2.63. The van der Waals surface area contributed by atoms with E-state index < -0.39 is 41.6 Å². The number of alkyl halides is 3. The molecule has 1 amide bonds. The van der Waals surface area contributed by atoms with Crippen LogP contribution < -0.4 is 5.73 Å². The van der Waals surface area contributed by atoms with Crippen LogP contribution in [-0.4, -0.2) is 47.7 Å². The highest BCUT2D eigenvalue weighted by Crippen LogP contribution is 2.59. The van der Waals surface area contributed by atoms with Crippen LogP contribution in [0, 0.1) is 11.3 Å². The van der Waals surface area contributed by atoms with Gasteiger partial charge in [-0.15, -0.1) is 0 Å². The van der Waals surface area contributed by atoms with Crippen molar-refractivity contribution in [2.75, 3.05) is 13.1 Å². The number of carbonyl (C=O) groups is 2. The van der Waals surface area contributed by atoms with Gasteiger partial charge in [0.1, 0.15) is 11.4 Å². The number of nitrogens with two attached hydrogens (primary N) is 1. The number of amidine groups is 1. The zero-order valence-corrected chi connectivity index (χ0v) is 14.4. The Morgan fingerprint density at radius 1 is 1.24 bits per heavy atom. The van der Waals surface area contributed by atoms with E-state index in [1.54, 1.807) is 20.8 Å². The van der Waals surface area contributed by atoms with Crippen molar-refractivity contribution in [1.82, 2.24) is 4.90 Å². The molecular formula is C15H22F3N3O4. The lowest BCUT2D eigenvalue weighted by atomic mass is 10.0. The summed E-state index contributed by atoms with van der Waals surface area (Å²) in [6.45, 7) is 5.38. The van der Waals surface area contributed by atoms with Crippen LogP contribution in [0.2, 0.25) is 0 Å². The molecule has 2 fully saturated rings. The highest BCUT2D eigenvalue weighted by molar-refractivity contribution is 5.83. The molecule has 0 spiro atoms. The van der Waals surface area contributed by atoms with Gasteiger partial charge in [-0.2, -0.15) is 13.2 Å². The van der Waals surface area contributed by atoms with Crippen molar-refractivity contribution < 1.29 is 32.3 Å². The number of halogens is 3. The second-order valence-corrected chi connectivity index (χ2v) is 7.53. The summed E-state index contributed by atoms with van der Waals surface area (Å²) in [4.78, 5) is 29.4. The van der Waals surface area contributed by atoms with E-state index in [2.05, 4.69) is 9.99 Å². The van der Waals surface area contributed by atoms with Crippen molar-refractivity contribution in [2.45, 2.75) is 51.8 Å². The largest absolute Gasteiger partial charge is 0.444 e. The van der Waals surface area contributed by atoms with E-state index in [4.69, 9.17) is 10.5 Å². The Balaban J connectivity index is 1.76. The van der Waals surface area contributed by atoms with Crippen molar-refractivity contribution in [1.29, 1.82) is 0 Å². The summed E-state index contributed by atoms with van der Waals surface area (Å²) in [5.74, 6) is -1.70. The van der Waals surface area contributed by atoms with Gasteiger partial charge in [0, 0.05) is 19.5 Å². The number of hydrogen-bond acceptors (Lipinski definition) is 5. The monoisotopic (exact) mass is 365 g/mol. The molecule has 2 N–H and O–H groups in total. The molecule has 1 heterocycles. The van der Waals surface area contributed by atoms with Gasteiger partial charge in [-0.1, -0.05) is 5.16 Å². The van der Waals surface area contributed by atoms with Crippen molar-refractivity contribution in [2.24, 2.45) is 22.2 Å². The lowest BCUT2D eigenvalue weighted by Gasteiger charge is -2.37. The number of oxime groups is 1. The first-order valence-corrected chi connectivity index (χ1v) is 7.91. The summed E-state index contributed by atoms with van der Waals surface area (Å²) >= 11 is 0. The molecule has 0 aromatic rings. The fraction of sp³-hybridized carbons (Fsp3) is 0.800. The molecular weight excluding hydrogens is 343 g/mol. The topological polar surface area (TPSA) is 94.2 Å². The number of nitrogens with zero attached hydrogens (tertiary/aromatic N) is 2. The fourth-order valence-corrected chi connectivity index (χ4v) is 2.37. The molecule has 0 aromatic heterocycles. The zero-order chi connectivity index (χ0) is 19.0. The lowest BCUT2D eigenvalue weighted by molar-refractivity contribution is -0.184. The number of carbonyl (C=O) groups excluding carboxylic acids is 2. The van der Waals surface area contributed by atoms with Crippen LogP contribution in [-0.2, 0) is 14.4 Å². The minimum Gasteiger partial charge on any atom is -0.444 e. The second kappa shape index (κ2) is 6.38. The number of amides is 1. The maximum Gasteiger partial charge on any atom is 0.410 e. The molecule has 2 aliphatic rings. The van der Waals surface area contributed by atoms with Gasteiger partial charge in [-0.25, -0.2) is 9.59 Å². The molecule has 1 aliphatic heterocycles. The van der Waals surface area contributed by atoms with Crippen LogP contribution >= 0.6 is 0 Å². The van der Waals surface area contributed by atoms with Gasteiger partial charge in [-0.05, 0) is 33.6 Å². The minimum atomic E-state index is -4.35. The first-order chi connectivity index (χ1) is 11.3. The predicted octanol–water partition coefficient (Wildman–Crippen LogP) is 2.40. The molecule has 0 unspecified atom stereocenters. The lowest BCUT2D eigenvalue weighted by Crippen LogP contribution is -2.54. The third kappa shape index (κ3) is 4.76.